The van der Waals surface area contributed by atoms with Gasteiger partial charge in [0.15, 0.2) is 0 Å². The molecule has 1 aliphatic carbocycles. The Balaban J connectivity index is 2.14. The molecule has 0 aromatic carbocycles. The Hall–Kier alpha value is -1.58. The second-order valence-electron chi connectivity index (χ2n) is 4.83. The third-order valence-electron chi connectivity index (χ3n) is 3.61. The fraction of sp³-hybridized carbons (Fsp3) is 0.571. The molecule has 0 spiro atoms. The third kappa shape index (κ3) is 2.81. The van der Waals surface area contributed by atoms with Crippen LogP contribution in [0.4, 0.5) is 5.82 Å². The number of anilines is 1. The van der Waals surface area contributed by atoms with E-state index in [1.165, 1.54) is 19.3 Å². The summed E-state index contributed by atoms with van der Waals surface area (Å²) in [6.07, 6.45) is 5.96. The number of aromatic nitrogens is 1. The van der Waals surface area contributed by atoms with Crippen molar-refractivity contribution in [3.05, 3.63) is 23.9 Å². The number of amides is 1. The molecule has 1 aromatic rings. The SMILES string of the molecule is CCN(C(=O)c1cccc(N)n1)C1CCCCC1. The van der Waals surface area contributed by atoms with Crippen LogP contribution in [0.15, 0.2) is 18.2 Å². The van der Waals surface area contributed by atoms with E-state index < -0.39 is 0 Å². The van der Waals surface area contributed by atoms with Crippen LogP contribution in [0.1, 0.15) is 49.5 Å². The van der Waals surface area contributed by atoms with Gasteiger partial charge in [0.2, 0.25) is 0 Å². The lowest BCUT2D eigenvalue weighted by atomic mass is 9.94. The van der Waals surface area contributed by atoms with E-state index in [9.17, 15) is 4.79 Å². The molecular weight excluding hydrogens is 226 g/mol. The third-order valence-corrected chi connectivity index (χ3v) is 3.61. The summed E-state index contributed by atoms with van der Waals surface area (Å²) >= 11 is 0. The van der Waals surface area contributed by atoms with E-state index in [1.807, 2.05) is 11.8 Å². The minimum absolute atomic E-state index is 0.0108. The van der Waals surface area contributed by atoms with Gasteiger partial charge in [-0.3, -0.25) is 4.79 Å². The minimum atomic E-state index is 0.0108. The zero-order valence-corrected chi connectivity index (χ0v) is 10.9. The summed E-state index contributed by atoms with van der Waals surface area (Å²) in [6, 6.07) is 5.60. The lowest BCUT2D eigenvalue weighted by Gasteiger charge is -2.33. The molecule has 1 amide bonds. The van der Waals surface area contributed by atoms with Crippen LogP contribution in [0.25, 0.3) is 0 Å². The molecule has 1 heterocycles. The summed E-state index contributed by atoms with van der Waals surface area (Å²) in [6.45, 7) is 2.76. The Morgan fingerprint density at radius 3 is 2.72 bits per heavy atom. The predicted molar refractivity (Wildman–Crippen MR) is 72.2 cm³/mol. The molecule has 0 atom stereocenters. The van der Waals surface area contributed by atoms with E-state index in [4.69, 9.17) is 5.73 Å². The molecule has 4 heteroatoms. The van der Waals surface area contributed by atoms with Crippen LogP contribution in [-0.2, 0) is 0 Å². The first-order valence-corrected chi connectivity index (χ1v) is 6.76. The zero-order chi connectivity index (χ0) is 13.0. The fourth-order valence-electron chi connectivity index (χ4n) is 2.68. The van der Waals surface area contributed by atoms with Gasteiger partial charge in [-0.05, 0) is 31.9 Å². The number of pyridine rings is 1. The normalized spacial score (nSPS) is 16.5. The highest BCUT2D eigenvalue weighted by Gasteiger charge is 2.25. The summed E-state index contributed by atoms with van der Waals surface area (Å²) in [5.74, 6) is 0.414. The Kier molecular flexibility index (Phi) is 4.18. The second kappa shape index (κ2) is 5.85. The smallest absolute Gasteiger partial charge is 0.272 e. The van der Waals surface area contributed by atoms with Crippen molar-refractivity contribution in [2.24, 2.45) is 0 Å². The molecule has 1 aromatic heterocycles. The Morgan fingerprint density at radius 1 is 1.39 bits per heavy atom. The van der Waals surface area contributed by atoms with Crippen LogP contribution < -0.4 is 5.73 Å². The Bertz CT molecular complexity index is 413. The highest BCUT2D eigenvalue weighted by Crippen LogP contribution is 2.23. The van der Waals surface area contributed by atoms with E-state index in [1.54, 1.807) is 18.2 Å². The van der Waals surface area contributed by atoms with E-state index >= 15 is 0 Å². The van der Waals surface area contributed by atoms with Crippen LogP contribution in [-0.4, -0.2) is 28.4 Å². The molecule has 1 saturated carbocycles. The minimum Gasteiger partial charge on any atom is -0.384 e. The topological polar surface area (TPSA) is 59.2 Å². The summed E-state index contributed by atoms with van der Waals surface area (Å²) in [7, 11) is 0. The first-order valence-electron chi connectivity index (χ1n) is 6.76. The van der Waals surface area contributed by atoms with Crippen molar-refractivity contribution in [2.45, 2.75) is 45.1 Å². The lowest BCUT2D eigenvalue weighted by molar-refractivity contribution is 0.0642. The molecule has 0 unspecified atom stereocenters. The summed E-state index contributed by atoms with van der Waals surface area (Å²) in [4.78, 5) is 18.5. The number of hydrogen-bond acceptors (Lipinski definition) is 3. The molecular formula is C14H21N3O. The Morgan fingerprint density at radius 2 is 2.11 bits per heavy atom. The second-order valence-corrected chi connectivity index (χ2v) is 4.83. The van der Waals surface area contributed by atoms with Crippen LogP contribution in [0.2, 0.25) is 0 Å². The molecule has 0 aliphatic heterocycles. The number of nitrogen functional groups attached to an aromatic ring is 1. The molecule has 1 fully saturated rings. The maximum absolute atomic E-state index is 12.4. The molecule has 0 bridgehead atoms. The monoisotopic (exact) mass is 247 g/mol. The van der Waals surface area contributed by atoms with Crippen molar-refractivity contribution in [3.8, 4) is 0 Å². The fourth-order valence-corrected chi connectivity index (χ4v) is 2.68. The van der Waals surface area contributed by atoms with Gasteiger partial charge in [0.25, 0.3) is 5.91 Å². The highest BCUT2D eigenvalue weighted by atomic mass is 16.2. The number of rotatable bonds is 3. The van der Waals surface area contributed by atoms with Crippen molar-refractivity contribution in [2.75, 3.05) is 12.3 Å². The van der Waals surface area contributed by atoms with Gasteiger partial charge in [0, 0.05) is 12.6 Å². The molecule has 2 N–H and O–H groups in total. The zero-order valence-electron chi connectivity index (χ0n) is 10.9. The number of hydrogen-bond donors (Lipinski definition) is 1. The average molecular weight is 247 g/mol. The average Bonchev–Trinajstić information content (AvgIpc) is 2.41. The van der Waals surface area contributed by atoms with Crippen molar-refractivity contribution < 1.29 is 4.79 Å². The molecule has 18 heavy (non-hydrogen) atoms. The van der Waals surface area contributed by atoms with E-state index in [-0.39, 0.29) is 5.91 Å². The van der Waals surface area contributed by atoms with Crippen molar-refractivity contribution in [3.63, 3.8) is 0 Å². The van der Waals surface area contributed by atoms with Crippen molar-refractivity contribution >= 4 is 11.7 Å². The largest absolute Gasteiger partial charge is 0.384 e. The molecule has 0 saturated heterocycles. The number of carbonyl (C=O) groups excluding carboxylic acids is 1. The van der Waals surface area contributed by atoms with Crippen LogP contribution >= 0.6 is 0 Å². The lowest BCUT2D eigenvalue weighted by Crippen LogP contribution is -2.41. The van der Waals surface area contributed by atoms with Gasteiger partial charge in [0.05, 0.1) is 0 Å². The van der Waals surface area contributed by atoms with Gasteiger partial charge >= 0.3 is 0 Å². The van der Waals surface area contributed by atoms with Gasteiger partial charge in [-0.1, -0.05) is 25.3 Å². The standard InChI is InChI=1S/C14H21N3O/c1-2-17(11-7-4-3-5-8-11)14(18)12-9-6-10-13(15)16-12/h6,9-11H,2-5,7-8H2,1H3,(H2,15,16). The van der Waals surface area contributed by atoms with E-state index in [0.29, 0.717) is 17.6 Å². The quantitative estimate of drug-likeness (QED) is 0.892. The maximum atomic E-state index is 12.4. The van der Waals surface area contributed by atoms with Crippen LogP contribution in [0.3, 0.4) is 0 Å². The van der Waals surface area contributed by atoms with Crippen molar-refractivity contribution in [1.29, 1.82) is 0 Å². The number of nitrogens with two attached hydrogens (primary N) is 1. The molecule has 1 aliphatic rings. The van der Waals surface area contributed by atoms with Crippen LogP contribution in [0.5, 0.6) is 0 Å². The Labute approximate surface area is 108 Å². The van der Waals surface area contributed by atoms with Gasteiger partial charge in [-0.15, -0.1) is 0 Å². The summed E-state index contributed by atoms with van der Waals surface area (Å²) in [5.41, 5.74) is 6.10. The van der Waals surface area contributed by atoms with Gasteiger partial charge < -0.3 is 10.6 Å². The number of nitrogens with zero attached hydrogens (tertiary/aromatic N) is 2. The van der Waals surface area contributed by atoms with Gasteiger partial charge in [-0.2, -0.15) is 0 Å². The van der Waals surface area contributed by atoms with E-state index in [0.717, 1.165) is 19.4 Å². The predicted octanol–water partition coefficient (Wildman–Crippen LogP) is 2.46. The van der Waals surface area contributed by atoms with Gasteiger partial charge in [0.1, 0.15) is 11.5 Å². The molecule has 98 valence electrons. The first kappa shape index (κ1) is 12.9. The van der Waals surface area contributed by atoms with E-state index in [2.05, 4.69) is 4.98 Å². The molecule has 0 radical (unpaired) electrons. The maximum Gasteiger partial charge on any atom is 0.272 e. The molecule has 2 rings (SSSR count). The molecule has 4 nitrogen and oxygen atoms in total. The number of carbonyl (C=O) groups is 1. The highest BCUT2D eigenvalue weighted by molar-refractivity contribution is 5.92. The van der Waals surface area contributed by atoms with Crippen molar-refractivity contribution in [1.82, 2.24) is 9.88 Å². The van der Waals surface area contributed by atoms with Gasteiger partial charge in [-0.25, -0.2) is 4.98 Å². The first-order chi connectivity index (χ1) is 8.72. The van der Waals surface area contributed by atoms with Crippen LogP contribution in [0, 0.1) is 0 Å². The summed E-state index contributed by atoms with van der Waals surface area (Å²) < 4.78 is 0. The summed E-state index contributed by atoms with van der Waals surface area (Å²) in [5, 5.41) is 0.